The first-order chi connectivity index (χ1) is 9.99. The van der Waals surface area contributed by atoms with Gasteiger partial charge in [-0.25, -0.2) is 0 Å². The van der Waals surface area contributed by atoms with Crippen molar-refractivity contribution in [1.29, 1.82) is 0 Å². The van der Waals surface area contributed by atoms with E-state index in [0.29, 0.717) is 16.5 Å². The van der Waals surface area contributed by atoms with Gasteiger partial charge >= 0.3 is 0 Å². The SMILES string of the molecule is COc1ccc(C(Br)c2cc(Br)ccc2Br)c(OC)c1Cl. The van der Waals surface area contributed by atoms with Crippen LogP contribution in [0.25, 0.3) is 0 Å². The number of rotatable bonds is 4. The Morgan fingerprint density at radius 1 is 1.00 bits per heavy atom. The first-order valence-corrected chi connectivity index (χ1v) is 8.87. The Balaban J connectivity index is 2.55. The van der Waals surface area contributed by atoms with Gasteiger partial charge in [0.2, 0.25) is 0 Å². The van der Waals surface area contributed by atoms with E-state index in [1.807, 2.05) is 30.3 Å². The summed E-state index contributed by atoms with van der Waals surface area (Å²) in [6.45, 7) is 0. The first kappa shape index (κ1) is 17.1. The fourth-order valence-corrected chi connectivity index (χ4v) is 4.22. The van der Waals surface area contributed by atoms with Crippen LogP contribution in [0.2, 0.25) is 5.02 Å². The molecule has 1 atom stereocenters. The van der Waals surface area contributed by atoms with Gasteiger partial charge in [0.15, 0.2) is 0 Å². The smallest absolute Gasteiger partial charge is 0.145 e. The Kier molecular flexibility index (Phi) is 6.00. The summed E-state index contributed by atoms with van der Waals surface area (Å²) in [6, 6.07) is 9.79. The van der Waals surface area contributed by atoms with Crippen molar-refractivity contribution in [2.24, 2.45) is 0 Å². The number of hydrogen-bond donors (Lipinski definition) is 0. The molecule has 0 aliphatic rings. The first-order valence-electron chi connectivity index (χ1n) is 5.99. The summed E-state index contributed by atoms with van der Waals surface area (Å²) < 4.78 is 12.7. The average Bonchev–Trinajstić information content (AvgIpc) is 2.48. The molecular formula is C15H12Br3ClO2. The second kappa shape index (κ2) is 7.36. The third-order valence-corrected chi connectivity index (χ3v) is 5.58. The molecule has 0 bridgehead atoms. The van der Waals surface area contributed by atoms with Crippen LogP contribution in [0.3, 0.4) is 0 Å². The van der Waals surface area contributed by atoms with Gasteiger partial charge in [-0.05, 0) is 29.8 Å². The lowest BCUT2D eigenvalue weighted by molar-refractivity contribution is 0.392. The molecule has 1 unspecified atom stereocenters. The molecule has 2 rings (SSSR count). The average molecular weight is 499 g/mol. The minimum atomic E-state index is -0.0669. The van der Waals surface area contributed by atoms with E-state index in [1.165, 1.54) is 0 Å². The van der Waals surface area contributed by atoms with Gasteiger partial charge in [-0.3, -0.25) is 0 Å². The normalized spacial score (nSPS) is 12.1. The summed E-state index contributed by atoms with van der Waals surface area (Å²) in [4.78, 5) is -0.0669. The summed E-state index contributed by atoms with van der Waals surface area (Å²) in [5.74, 6) is 1.19. The highest BCUT2D eigenvalue weighted by atomic mass is 79.9. The molecule has 2 nitrogen and oxygen atoms in total. The van der Waals surface area contributed by atoms with Crippen LogP contribution in [0.1, 0.15) is 16.0 Å². The van der Waals surface area contributed by atoms with E-state index in [4.69, 9.17) is 21.1 Å². The third kappa shape index (κ3) is 3.58. The maximum absolute atomic E-state index is 6.32. The maximum Gasteiger partial charge on any atom is 0.145 e. The highest BCUT2D eigenvalue weighted by molar-refractivity contribution is 9.11. The van der Waals surface area contributed by atoms with Gasteiger partial charge in [0.05, 0.1) is 19.0 Å². The molecule has 0 amide bonds. The van der Waals surface area contributed by atoms with E-state index in [2.05, 4.69) is 47.8 Å². The van der Waals surface area contributed by atoms with Crippen LogP contribution in [0, 0.1) is 0 Å². The topological polar surface area (TPSA) is 18.5 Å². The van der Waals surface area contributed by atoms with Gasteiger partial charge in [0, 0.05) is 14.5 Å². The second-order valence-corrected chi connectivity index (χ2v) is 7.30. The van der Waals surface area contributed by atoms with E-state index in [1.54, 1.807) is 14.2 Å². The van der Waals surface area contributed by atoms with Crippen molar-refractivity contribution in [2.75, 3.05) is 14.2 Å². The summed E-state index contributed by atoms with van der Waals surface area (Å²) in [7, 11) is 3.18. The molecule has 21 heavy (non-hydrogen) atoms. The maximum atomic E-state index is 6.32. The van der Waals surface area contributed by atoms with E-state index in [0.717, 1.165) is 20.1 Å². The fraction of sp³-hybridized carbons (Fsp3) is 0.200. The van der Waals surface area contributed by atoms with Gasteiger partial charge in [-0.15, -0.1) is 0 Å². The Hall–Kier alpha value is -0.230. The molecule has 0 spiro atoms. The number of halogens is 4. The van der Waals surface area contributed by atoms with Gasteiger partial charge in [0.25, 0.3) is 0 Å². The zero-order chi connectivity index (χ0) is 15.6. The molecule has 0 heterocycles. The van der Waals surface area contributed by atoms with Crippen molar-refractivity contribution in [1.82, 2.24) is 0 Å². The van der Waals surface area contributed by atoms with E-state index in [9.17, 15) is 0 Å². The van der Waals surface area contributed by atoms with Crippen LogP contribution in [0.15, 0.2) is 39.3 Å². The lowest BCUT2D eigenvalue weighted by atomic mass is 10.0. The van der Waals surface area contributed by atoms with Crippen LogP contribution in [-0.4, -0.2) is 14.2 Å². The van der Waals surface area contributed by atoms with Crippen LogP contribution in [0.5, 0.6) is 11.5 Å². The molecule has 0 fully saturated rings. The molecule has 0 saturated carbocycles. The lowest BCUT2D eigenvalue weighted by Crippen LogP contribution is -2.00. The minimum Gasteiger partial charge on any atom is -0.495 e. The fourth-order valence-electron chi connectivity index (χ4n) is 1.99. The molecule has 0 aromatic heterocycles. The Morgan fingerprint density at radius 3 is 2.33 bits per heavy atom. The molecule has 2 aromatic carbocycles. The lowest BCUT2D eigenvalue weighted by Gasteiger charge is -2.18. The van der Waals surface area contributed by atoms with Gasteiger partial charge in [-0.1, -0.05) is 65.5 Å². The van der Waals surface area contributed by atoms with E-state index < -0.39 is 0 Å². The van der Waals surface area contributed by atoms with Crippen LogP contribution >= 0.6 is 59.4 Å². The molecule has 0 aliphatic carbocycles. The number of hydrogen-bond acceptors (Lipinski definition) is 2. The quantitative estimate of drug-likeness (QED) is 0.456. The molecule has 0 N–H and O–H groups in total. The van der Waals surface area contributed by atoms with Crippen molar-refractivity contribution in [3.63, 3.8) is 0 Å². The largest absolute Gasteiger partial charge is 0.495 e. The monoisotopic (exact) mass is 496 g/mol. The number of methoxy groups -OCH3 is 2. The zero-order valence-corrected chi connectivity index (χ0v) is 16.8. The number of benzene rings is 2. The standard InChI is InChI=1S/C15H12Br3ClO2/c1-20-12-6-4-9(15(21-2)14(12)19)13(18)10-7-8(16)3-5-11(10)17/h3-7,13H,1-2H3. The number of ether oxygens (including phenoxy) is 2. The van der Waals surface area contributed by atoms with Gasteiger partial charge in [-0.2, -0.15) is 0 Å². The molecule has 0 radical (unpaired) electrons. The van der Waals surface area contributed by atoms with Crippen molar-refractivity contribution in [2.45, 2.75) is 4.83 Å². The van der Waals surface area contributed by atoms with E-state index in [-0.39, 0.29) is 4.83 Å². The van der Waals surface area contributed by atoms with Gasteiger partial charge < -0.3 is 9.47 Å². The van der Waals surface area contributed by atoms with Crippen LogP contribution in [-0.2, 0) is 0 Å². The van der Waals surface area contributed by atoms with Crippen molar-refractivity contribution in [3.05, 3.63) is 55.4 Å². The summed E-state index contributed by atoms with van der Waals surface area (Å²) in [6.07, 6.45) is 0. The summed E-state index contributed by atoms with van der Waals surface area (Å²) in [5.41, 5.74) is 2.01. The third-order valence-electron chi connectivity index (χ3n) is 3.02. The second-order valence-electron chi connectivity index (χ2n) is 4.23. The summed E-state index contributed by atoms with van der Waals surface area (Å²) >= 11 is 17.1. The van der Waals surface area contributed by atoms with Crippen LogP contribution in [0.4, 0.5) is 0 Å². The van der Waals surface area contributed by atoms with Crippen molar-refractivity contribution in [3.8, 4) is 11.5 Å². The summed E-state index contributed by atoms with van der Waals surface area (Å²) in [5, 5.41) is 0.466. The predicted molar refractivity (Wildman–Crippen MR) is 97.2 cm³/mol. The predicted octanol–water partition coefficient (Wildman–Crippen LogP) is 6.37. The van der Waals surface area contributed by atoms with Crippen molar-refractivity contribution >= 4 is 59.4 Å². The molecule has 6 heteroatoms. The molecule has 0 saturated heterocycles. The molecule has 0 aliphatic heterocycles. The zero-order valence-electron chi connectivity index (χ0n) is 11.3. The van der Waals surface area contributed by atoms with E-state index >= 15 is 0 Å². The molecule has 2 aromatic rings. The van der Waals surface area contributed by atoms with Crippen LogP contribution < -0.4 is 9.47 Å². The molecule has 112 valence electrons. The minimum absolute atomic E-state index is 0.0669. The Labute approximate surface area is 154 Å². The highest BCUT2D eigenvalue weighted by Crippen LogP contribution is 2.45. The highest BCUT2D eigenvalue weighted by Gasteiger charge is 2.21. The van der Waals surface area contributed by atoms with Gasteiger partial charge in [0.1, 0.15) is 16.5 Å². The number of alkyl halides is 1. The Morgan fingerprint density at radius 2 is 1.71 bits per heavy atom. The Bertz CT molecular complexity index is 662. The van der Waals surface area contributed by atoms with Crippen molar-refractivity contribution < 1.29 is 9.47 Å². The molecular weight excluding hydrogens is 487 g/mol.